The molecule has 0 radical (unpaired) electrons. The SMILES string of the molecule is CN(CCO)c1ccc2c(COc3cc(F)c(Cl)cc3C(C)(C)C)n[nH]c2n1. The van der Waals surface area contributed by atoms with E-state index in [1.807, 2.05) is 44.9 Å². The number of aromatic amines is 1. The second-order valence-corrected chi connectivity index (χ2v) is 8.09. The van der Waals surface area contributed by atoms with Crippen LogP contribution in [0.25, 0.3) is 11.0 Å². The molecule has 0 unspecified atom stereocenters. The zero-order chi connectivity index (χ0) is 20.5. The van der Waals surface area contributed by atoms with Crippen molar-refractivity contribution >= 4 is 28.5 Å². The van der Waals surface area contributed by atoms with Crippen molar-refractivity contribution in [3.63, 3.8) is 0 Å². The molecule has 2 heterocycles. The Bertz CT molecular complexity index is 984. The van der Waals surface area contributed by atoms with Crippen molar-refractivity contribution in [2.45, 2.75) is 32.8 Å². The van der Waals surface area contributed by atoms with Crippen LogP contribution < -0.4 is 9.64 Å². The van der Waals surface area contributed by atoms with Gasteiger partial charge in [0.05, 0.1) is 11.6 Å². The molecule has 2 N–H and O–H groups in total. The average molecular weight is 407 g/mol. The van der Waals surface area contributed by atoms with Crippen LogP contribution in [-0.4, -0.2) is 40.5 Å². The van der Waals surface area contributed by atoms with Gasteiger partial charge in [-0.15, -0.1) is 0 Å². The van der Waals surface area contributed by atoms with Crippen molar-refractivity contribution in [3.05, 3.63) is 46.4 Å². The number of H-pyrrole nitrogens is 1. The van der Waals surface area contributed by atoms with E-state index < -0.39 is 5.82 Å². The number of nitrogens with zero attached hydrogens (tertiary/aromatic N) is 3. The van der Waals surface area contributed by atoms with Crippen molar-refractivity contribution in [3.8, 4) is 5.75 Å². The maximum Gasteiger partial charge on any atom is 0.157 e. The summed E-state index contributed by atoms with van der Waals surface area (Å²) in [5.41, 5.74) is 1.87. The maximum atomic E-state index is 14.0. The molecule has 0 spiro atoms. The van der Waals surface area contributed by atoms with Gasteiger partial charge in [-0.25, -0.2) is 9.37 Å². The van der Waals surface area contributed by atoms with Gasteiger partial charge in [-0.1, -0.05) is 32.4 Å². The zero-order valence-corrected chi connectivity index (χ0v) is 17.1. The molecule has 28 heavy (non-hydrogen) atoms. The van der Waals surface area contributed by atoms with Gasteiger partial charge in [-0.3, -0.25) is 5.10 Å². The minimum Gasteiger partial charge on any atom is -0.487 e. The molecule has 150 valence electrons. The number of aliphatic hydroxyl groups is 1. The zero-order valence-electron chi connectivity index (χ0n) is 16.4. The Kier molecular flexibility index (Phi) is 5.76. The maximum absolute atomic E-state index is 14.0. The van der Waals surface area contributed by atoms with Crippen molar-refractivity contribution in [1.29, 1.82) is 0 Å². The molecule has 2 aromatic heterocycles. The van der Waals surface area contributed by atoms with Gasteiger partial charge in [-0.2, -0.15) is 5.10 Å². The number of ether oxygens (including phenoxy) is 1. The third-order valence-electron chi connectivity index (χ3n) is 4.51. The number of fused-ring (bicyclic) bond motifs is 1. The van der Waals surface area contributed by atoms with Crippen LogP contribution in [0.4, 0.5) is 10.2 Å². The molecule has 0 aliphatic heterocycles. The monoisotopic (exact) mass is 406 g/mol. The van der Waals surface area contributed by atoms with E-state index in [2.05, 4.69) is 15.2 Å². The van der Waals surface area contributed by atoms with Crippen molar-refractivity contribution in [1.82, 2.24) is 15.2 Å². The predicted molar refractivity (Wildman–Crippen MR) is 109 cm³/mol. The van der Waals surface area contributed by atoms with E-state index in [1.54, 1.807) is 6.07 Å². The highest BCUT2D eigenvalue weighted by Crippen LogP contribution is 2.35. The molecule has 0 atom stereocenters. The Morgan fingerprint density at radius 3 is 2.71 bits per heavy atom. The van der Waals surface area contributed by atoms with Gasteiger partial charge in [0, 0.05) is 30.6 Å². The third-order valence-corrected chi connectivity index (χ3v) is 4.80. The summed E-state index contributed by atoms with van der Waals surface area (Å²) in [5.74, 6) is 0.653. The van der Waals surface area contributed by atoms with Crippen molar-refractivity contribution in [2.75, 3.05) is 25.1 Å². The molecule has 0 aliphatic carbocycles. The van der Waals surface area contributed by atoms with Crippen molar-refractivity contribution in [2.24, 2.45) is 0 Å². The fraction of sp³-hybridized carbons (Fsp3) is 0.400. The van der Waals surface area contributed by atoms with Crippen LogP contribution >= 0.6 is 11.6 Å². The van der Waals surface area contributed by atoms with E-state index in [-0.39, 0.29) is 23.7 Å². The molecule has 0 amide bonds. The van der Waals surface area contributed by atoms with E-state index in [0.29, 0.717) is 23.6 Å². The second-order valence-electron chi connectivity index (χ2n) is 7.68. The molecule has 0 saturated carbocycles. The first-order valence-corrected chi connectivity index (χ1v) is 9.37. The van der Waals surface area contributed by atoms with Crippen LogP contribution in [-0.2, 0) is 12.0 Å². The van der Waals surface area contributed by atoms with Gasteiger partial charge in [0.2, 0.25) is 0 Å². The molecular weight excluding hydrogens is 383 g/mol. The normalized spacial score (nSPS) is 11.8. The summed E-state index contributed by atoms with van der Waals surface area (Å²) in [5, 5.41) is 17.2. The smallest absolute Gasteiger partial charge is 0.157 e. The number of aromatic nitrogens is 3. The lowest BCUT2D eigenvalue weighted by atomic mass is 9.86. The molecule has 3 rings (SSSR count). The van der Waals surface area contributed by atoms with Crippen LogP contribution in [0.2, 0.25) is 5.02 Å². The first-order valence-electron chi connectivity index (χ1n) is 8.99. The van der Waals surface area contributed by atoms with Crippen LogP contribution in [0.15, 0.2) is 24.3 Å². The number of likely N-dealkylation sites (N-methyl/N-ethyl adjacent to an activating group) is 1. The standard InChI is InChI=1S/C20H24ClFN4O2/c1-20(2,3)13-9-14(21)15(22)10-17(13)28-11-16-12-5-6-18(26(4)7-8-27)23-19(12)25-24-16/h5-6,9-10,27H,7-8,11H2,1-4H3,(H,23,24,25). The van der Waals surface area contributed by atoms with Crippen LogP contribution in [0.5, 0.6) is 5.75 Å². The summed E-state index contributed by atoms with van der Waals surface area (Å²) >= 11 is 5.96. The lowest BCUT2D eigenvalue weighted by molar-refractivity contribution is 0.292. The molecule has 1 aromatic carbocycles. The highest BCUT2D eigenvalue weighted by atomic mass is 35.5. The Balaban J connectivity index is 1.86. The Labute approximate surface area is 168 Å². The van der Waals surface area contributed by atoms with Gasteiger partial charge in [0.25, 0.3) is 0 Å². The van der Waals surface area contributed by atoms with E-state index in [1.165, 1.54) is 6.07 Å². The summed E-state index contributed by atoms with van der Waals surface area (Å²) in [4.78, 5) is 6.37. The molecule has 8 heteroatoms. The number of pyridine rings is 1. The Morgan fingerprint density at radius 2 is 2.04 bits per heavy atom. The van der Waals surface area contributed by atoms with Crippen LogP contribution in [0.1, 0.15) is 32.0 Å². The molecule has 0 bridgehead atoms. The summed E-state index contributed by atoms with van der Waals surface area (Å²) < 4.78 is 19.9. The van der Waals surface area contributed by atoms with E-state index in [9.17, 15) is 4.39 Å². The minimum atomic E-state index is -0.519. The highest BCUT2D eigenvalue weighted by molar-refractivity contribution is 6.30. The van der Waals surface area contributed by atoms with Crippen molar-refractivity contribution < 1.29 is 14.2 Å². The van der Waals surface area contributed by atoms with Gasteiger partial charge in [-0.05, 0) is 23.6 Å². The Morgan fingerprint density at radius 1 is 1.29 bits per heavy atom. The number of rotatable bonds is 6. The minimum absolute atomic E-state index is 0.0477. The lowest BCUT2D eigenvalue weighted by Gasteiger charge is -2.23. The van der Waals surface area contributed by atoms with Gasteiger partial charge in [0.1, 0.15) is 29.7 Å². The molecule has 0 saturated heterocycles. The predicted octanol–water partition coefficient (Wildman–Crippen LogP) is 4.06. The van der Waals surface area contributed by atoms with Crippen LogP contribution in [0.3, 0.4) is 0 Å². The average Bonchev–Trinajstić information content (AvgIpc) is 3.04. The fourth-order valence-electron chi connectivity index (χ4n) is 2.91. The summed E-state index contributed by atoms with van der Waals surface area (Å²) in [6, 6.07) is 6.69. The quantitative estimate of drug-likeness (QED) is 0.645. The number of benzene rings is 1. The largest absolute Gasteiger partial charge is 0.487 e. The number of nitrogens with one attached hydrogen (secondary N) is 1. The van der Waals surface area contributed by atoms with Gasteiger partial charge in [0.15, 0.2) is 5.65 Å². The molecule has 0 fully saturated rings. The van der Waals surface area contributed by atoms with E-state index in [4.69, 9.17) is 21.4 Å². The first-order chi connectivity index (χ1) is 13.2. The fourth-order valence-corrected chi connectivity index (χ4v) is 3.08. The number of anilines is 1. The van der Waals surface area contributed by atoms with E-state index >= 15 is 0 Å². The number of aliphatic hydroxyl groups excluding tert-OH is 1. The van der Waals surface area contributed by atoms with Gasteiger partial charge >= 0.3 is 0 Å². The Hall–Kier alpha value is -2.38. The molecular formula is C20H24ClFN4O2. The summed E-state index contributed by atoms with van der Waals surface area (Å²) in [6.45, 7) is 6.75. The third kappa shape index (κ3) is 4.20. The molecule has 3 aromatic rings. The second kappa shape index (κ2) is 7.93. The first kappa shape index (κ1) is 20.4. The van der Waals surface area contributed by atoms with E-state index in [0.717, 1.165) is 16.8 Å². The summed E-state index contributed by atoms with van der Waals surface area (Å²) in [7, 11) is 1.86. The topological polar surface area (TPSA) is 74.3 Å². The van der Waals surface area contributed by atoms with Crippen LogP contribution in [0, 0.1) is 5.82 Å². The number of hydrogen-bond donors (Lipinski definition) is 2. The lowest BCUT2D eigenvalue weighted by Crippen LogP contribution is -2.22. The summed E-state index contributed by atoms with van der Waals surface area (Å²) in [6.07, 6.45) is 0. The number of halogens is 2. The molecule has 0 aliphatic rings. The van der Waals surface area contributed by atoms with Gasteiger partial charge < -0.3 is 14.7 Å². The highest BCUT2D eigenvalue weighted by Gasteiger charge is 2.22. The number of hydrogen-bond acceptors (Lipinski definition) is 5. The molecule has 6 nitrogen and oxygen atoms in total.